The Morgan fingerprint density at radius 3 is 1.95 bits per heavy atom. The van der Waals surface area contributed by atoms with Crippen molar-refractivity contribution in [2.45, 2.75) is 6.92 Å². The minimum atomic E-state index is -0.0623. The van der Waals surface area contributed by atoms with Gasteiger partial charge in [-0.1, -0.05) is 54.1 Å². The summed E-state index contributed by atoms with van der Waals surface area (Å²) in [5.74, 6) is 1.43. The molecular formula is C28H29ClN8O. The predicted octanol–water partition coefficient (Wildman–Crippen LogP) is 5.08. The second-order valence-electron chi connectivity index (χ2n) is 8.99. The van der Waals surface area contributed by atoms with Crippen molar-refractivity contribution in [2.75, 3.05) is 53.6 Å². The molecule has 194 valence electrons. The van der Waals surface area contributed by atoms with Crippen LogP contribution in [0.3, 0.4) is 0 Å². The molecule has 0 atom stereocenters. The maximum Gasteiger partial charge on any atom is 0.238 e. The maximum atomic E-state index is 12.7. The van der Waals surface area contributed by atoms with Crippen molar-refractivity contribution in [3.63, 3.8) is 0 Å². The Kier molecular flexibility index (Phi) is 7.96. The second-order valence-corrected chi connectivity index (χ2v) is 9.40. The fourth-order valence-electron chi connectivity index (χ4n) is 4.16. The van der Waals surface area contributed by atoms with E-state index in [1.54, 1.807) is 0 Å². The van der Waals surface area contributed by atoms with Gasteiger partial charge in [-0.25, -0.2) is 0 Å². The fraction of sp³-hybridized carbons (Fsp3) is 0.214. The summed E-state index contributed by atoms with van der Waals surface area (Å²) in [5.41, 5.74) is 3.38. The molecule has 0 radical (unpaired) electrons. The van der Waals surface area contributed by atoms with E-state index in [-0.39, 0.29) is 5.91 Å². The highest BCUT2D eigenvalue weighted by molar-refractivity contribution is 6.31. The molecule has 0 spiro atoms. The number of nitrogens with one attached hydrogen (secondary N) is 3. The number of piperazine rings is 1. The van der Waals surface area contributed by atoms with Gasteiger partial charge < -0.3 is 20.9 Å². The molecular weight excluding hydrogens is 500 g/mol. The normalized spacial score (nSPS) is 13.7. The molecule has 5 rings (SSSR count). The van der Waals surface area contributed by atoms with Crippen molar-refractivity contribution in [3.8, 4) is 0 Å². The molecule has 10 heteroatoms. The SMILES string of the molecule is Cc1c(Cl)cccc1NC(=O)CN1CCN(c2nc(Nc3ccccc3)nc(Nc3ccccc3)n2)CC1. The lowest BCUT2D eigenvalue weighted by Gasteiger charge is -2.34. The Bertz CT molecular complexity index is 1320. The third kappa shape index (κ3) is 6.56. The molecule has 3 aromatic carbocycles. The minimum Gasteiger partial charge on any atom is -0.338 e. The lowest BCUT2D eigenvalue weighted by molar-refractivity contribution is -0.117. The summed E-state index contributed by atoms with van der Waals surface area (Å²) in [6.07, 6.45) is 0. The minimum absolute atomic E-state index is 0.0623. The summed E-state index contributed by atoms with van der Waals surface area (Å²) >= 11 is 6.18. The Morgan fingerprint density at radius 2 is 1.37 bits per heavy atom. The fourth-order valence-corrected chi connectivity index (χ4v) is 4.34. The first-order valence-corrected chi connectivity index (χ1v) is 12.8. The van der Waals surface area contributed by atoms with Gasteiger partial charge in [-0.3, -0.25) is 9.69 Å². The van der Waals surface area contributed by atoms with Crippen molar-refractivity contribution in [2.24, 2.45) is 0 Å². The highest BCUT2D eigenvalue weighted by Gasteiger charge is 2.22. The first kappa shape index (κ1) is 25.4. The largest absolute Gasteiger partial charge is 0.338 e. The van der Waals surface area contributed by atoms with Crippen LogP contribution in [0.15, 0.2) is 78.9 Å². The summed E-state index contributed by atoms with van der Waals surface area (Å²) in [4.78, 5) is 30.9. The number of anilines is 6. The molecule has 1 aliphatic rings. The van der Waals surface area contributed by atoms with Crippen molar-refractivity contribution >= 4 is 52.4 Å². The molecule has 0 unspecified atom stereocenters. The first-order valence-electron chi connectivity index (χ1n) is 12.5. The van der Waals surface area contributed by atoms with Gasteiger partial charge >= 0.3 is 0 Å². The number of rotatable bonds is 8. The van der Waals surface area contributed by atoms with Gasteiger partial charge in [0.25, 0.3) is 0 Å². The lowest BCUT2D eigenvalue weighted by Crippen LogP contribution is -2.49. The van der Waals surface area contributed by atoms with E-state index >= 15 is 0 Å². The van der Waals surface area contributed by atoms with E-state index in [4.69, 9.17) is 21.6 Å². The molecule has 9 nitrogen and oxygen atoms in total. The van der Waals surface area contributed by atoms with Crippen LogP contribution < -0.4 is 20.9 Å². The van der Waals surface area contributed by atoms with Gasteiger partial charge in [-0.15, -0.1) is 0 Å². The van der Waals surface area contributed by atoms with Crippen LogP contribution in [-0.2, 0) is 4.79 Å². The van der Waals surface area contributed by atoms with Gasteiger partial charge in [-0.2, -0.15) is 15.0 Å². The molecule has 1 aliphatic heterocycles. The number of carbonyl (C=O) groups is 1. The predicted molar refractivity (Wildman–Crippen MR) is 153 cm³/mol. The summed E-state index contributed by atoms with van der Waals surface area (Å²) in [6, 6.07) is 25.1. The van der Waals surface area contributed by atoms with E-state index < -0.39 is 0 Å². The van der Waals surface area contributed by atoms with Crippen LogP contribution in [0.25, 0.3) is 0 Å². The van der Waals surface area contributed by atoms with Crippen LogP contribution in [-0.4, -0.2) is 58.5 Å². The molecule has 4 aromatic rings. The van der Waals surface area contributed by atoms with Crippen LogP contribution in [0.2, 0.25) is 5.02 Å². The van der Waals surface area contributed by atoms with E-state index in [0.29, 0.717) is 55.6 Å². The van der Waals surface area contributed by atoms with Crippen molar-refractivity contribution < 1.29 is 4.79 Å². The number of nitrogens with zero attached hydrogens (tertiary/aromatic N) is 5. The van der Waals surface area contributed by atoms with Gasteiger partial charge in [0.2, 0.25) is 23.8 Å². The number of benzene rings is 3. The second kappa shape index (κ2) is 11.9. The average Bonchev–Trinajstić information content (AvgIpc) is 2.93. The average molecular weight is 529 g/mol. The van der Waals surface area contributed by atoms with E-state index in [1.165, 1.54) is 0 Å². The van der Waals surface area contributed by atoms with Gasteiger partial charge in [0.15, 0.2) is 0 Å². The molecule has 1 saturated heterocycles. The highest BCUT2D eigenvalue weighted by Crippen LogP contribution is 2.23. The molecule has 0 bridgehead atoms. The maximum absolute atomic E-state index is 12.7. The number of hydrogen-bond acceptors (Lipinski definition) is 8. The monoisotopic (exact) mass is 528 g/mol. The van der Waals surface area contributed by atoms with Gasteiger partial charge in [0.1, 0.15) is 0 Å². The molecule has 1 aromatic heterocycles. The molecule has 2 heterocycles. The van der Waals surface area contributed by atoms with Crippen LogP contribution in [0, 0.1) is 6.92 Å². The van der Waals surface area contributed by atoms with E-state index in [1.807, 2.05) is 85.8 Å². The Balaban J connectivity index is 1.25. The molecule has 38 heavy (non-hydrogen) atoms. The van der Waals surface area contributed by atoms with E-state index in [0.717, 1.165) is 22.6 Å². The Morgan fingerprint density at radius 1 is 0.789 bits per heavy atom. The van der Waals surface area contributed by atoms with Gasteiger partial charge in [0, 0.05) is 48.3 Å². The zero-order valence-electron chi connectivity index (χ0n) is 21.1. The Labute approximate surface area is 226 Å². The topological polar surface area (TPSA) is 98.3 Å². The molecule has 3 N–H and O–H groups in total. The third-order valence-corrected chi connectivity index (χ3v) is 6.66. The summed E-state index contributed by atoms with van der Waals surface area (Å²) in [6.45, 7) is 4.98. The first-order chi connectivity index (χ1) is 18.5. The van der Waals surface area contributed by atoms with Crippen LogP contribution in [0.5, 0.6) is 0 Å². The van der Waals surface area contributed by atoms with Crippen LogP contribution >= 0.6 is 11.6 Å². The van der Waals surface area contributed by atoms with Crippen molar-refractivity contribution in [1.29, 1.82) is 0 Å². The Hall–Kier alpha value is -4.21. The number of halogens is 1. The highest BCUT2D eigenvalue weighted by atomic mass is 35.5. The van der Waals surface area contributed by atoms with Crippen LogP contribution in [0.1, 0.15) is 5.56 Å². The summed E-state index contributed by atoms with van der Waals surface area (Å²) < 4.78 is 0. The van der Waals surface area contributed by atoms with Gasteiger partial charge in [-0.05, 0) is 48.9 Å². The summed E-state index contributed by atoms with van der Waals surface area (Å²) in [7, 11) is 0. The van der Waals surface area contributed by atoms with Crippen molar-refractivity contribution in [3.05, 3.63) is 89.4 Å². The number of hydrogen-bond donors (Lipinski definition) is 3. The zero-order valence-corrected chi connectivity index (χ0v) is 21.8. The van der Waals surface area contributed by atoms with E-state index in [2.05, 4.69) is 30.7 Å². The molecule has 1 amide bonds. The van der Waals surface area contributed by atoms with E-state index in [9.17, 15) is 4.79 Å². The van der Waals surface area contributed by atoms with Crippen LogP contribution in [0.4, 0.5) is 34.9 Å². The van der Waals surface area contributed by atoms with Crippen molar-refractivity contribution in [1.82, 2.24) is 19.9 Å². The lowest BCUT2D eigenvalue weighted by atomic mass is 10.2. The molecule has 1 fully saturated rings. The number of aromatic nitrogens is 3. The smallest absolute Gasteiger partial charge is 0.238 e. The number of para-hydroxylation sites is 2. The third-order valence-electron chi connectivity index (χ3n) is 6.25. The standard InChI is InChI=1S/C28H29ClN8O/c1-20-23(29)13-8-14-24(20)32-25(38)19-36-15-17-37(18-16-36)28-34-26(30-21-9-4-2-5-10-21)33-27(35-28)31-22-11-6-3-7-12-22/h2-14H,15-19H2,1H3,(H,32,38)(H2,30,31,33,34,35). The molecule has 0 aliphatic carbocycles. The zero-order chi connectivity index (χ0) is 26.3. The molecule has 0 saturated carbocycles. The number of carbonyl (C=O) groups excluding carboxylic acids is 1. The number of amides is 1. The quantitative estimate of drug-likeness (QED) is 0.291. The summed E-state index contributed by atoms with van der Waals surface area (Å²) in [5, 5.41) is 10.2. The van der Waals surface area contributed by atoms with Gasteiger partial charge in [0.05, 0.1) is 6.54 Å².